The molecule has 0 radical (unpaired) electrons. The van der Waals surface area contributed by atoms with Gasteiger partial charge in [-0.25, -0.2) is 9.59 Å². The van der Waals surface area contributed by atoms with E-state index in [0.717, 1.165) is 27.2 Å². The number of alkyl carbamates (subject to hydrolysis) is 1. The van der Waals surface area contributed by atoms with Crippen LogP contribution in [0.25, 0.3) is 11.1 Å². The Hall–Kier alpha value is -3.39. The number of carbonyl (C=O) groups is 3. The lowest BCUT2D eigenvalue weighted by Crippen LogP contribution is -2.49. The highest BCUT2D eigenvalue weighted by Gasteiger charge is 2.30. The molecule has 0 aromatic heterocycles. The van der Waals surface area contributed by atoms with Crippen LogP contribution >= 0.6 is 0 Å². The van der Waals surface area contributed by atoms with E-state index in [9.17, 15) is 14.4 Å². The van der Waals surface area contributed by atoms with E-state index in [1.165, 1.54) is 21.1 Å². The second-order valence-corrected chi connectivity index (χ2v) is 7.39. The molecule has 0 heterocycles. The van der Waals surface area contributed by atoms with Crippen LogP contribution in [0.2, 0.25) is 0 Å². The zero-order valence-electron chi connectivity index (χ0n) is 17.7. The zero-order valence-corrected chi connectivity index (χ0v) is 17.7. The first-order valence-corrected chi connectivity index (χ1v) is 9.96. The third-order valence-corrected chi connectivity index (χ3v) is 5.62. The Labute approximate surface area is 180 Å². The summed E-state index contributed by atoms with van der Waals surface area (Å²) < 4.78 is 10.6. The average Bonchev–Trinajstić information content (AvgIpc) is 3.10. The Balaban J connectivity index is 1.58. The summed E-state index contributed by atoms with van der Waals surface area (Å²) in [6.45, 7) is 1.41. The topological polar surface area (TPSA) is 105 Å². The second-order valence-electron chi connectivity index (χ2n) is 7.39. The molecule has 164 valence electrons. The van der Waals surface area contributed by atoms with E-state index >= 15 is 0 Å². The first-order chi connectivity index (χ1) is 14.8. The van der Waals surface area contributed by atoms with Crippen molar-refractivity contribution in [3.05, 3.63) is 59.7 Å². The number of likely N-dealkylation sites (N-methyl/N-ethyl adjacent to an activating group) is 1. The smallest absolute Gasteiger partial charge is 0.407 e. The number of carboxylic acids is 1. The van der Waals surface area contributed by atoms with Crippen LogP contribution in [0.3, 0.4) is 0 Å². The summed E-state index contributed by atoms with van der Waals surface area (Å²) in [6.07, 6.45) is -1.70. The van der Waals surface area contributed by atoms with Crippen molar-refractivity contribution in [1.82, 2.24) is 10.2 Å². The van der Waals surface area contributed by atoms with Crippen LogP contribution in [-0.2, 0) is 19.1 Å². The van der Waals surface area contributed by atoms with Crippen molar-refractivity contribution in [2.75, 3.05) is 27.3 Å². The molecule has 1 aliphatic rings. The van der Waals surface area contributed by atoms with E-state index in [1.807, 2.05) is 36.4 Å². The van der Waals surface area contributed by atoms with Crippen molar-refractivity contribution >= 4 is 18.0 Å². The summed E-state index contributed by atoms with van der Waals surface area (Å²) in [6, 6.07) is 15.0. The Morgan fingerprint density at radius 2 is 1.61 bits per heavy atom. The third kappa shape index (κ3) is 4.69. The normalized spacial score (nSPS) is 14.2. The molecule has 0 saturated heterocycles. The fraction of sp³-hybridized carbons (Fsp3) is 0.348. The summed E-state index contributed by atoms with van der Waals surface area (Å²) in [4.78, 5) is 36.8. The minimum atomic E-state index is -1.13. The standard InChI is InChI=1S/C23H26N2O6/c1-14(22(27)28)25(2)21(26)20(30-3)12-24-23(29)31-13-19-17-10-6-4-8-15(17)16-9-5-7-11-18(16)19/h4-11,14,19-20H,12-13H2,1-3H3,(H,24,29)(H,27,28)/t14-,20?/m0/s1. The number of benzene rings is 2. The van der Waals surface area contributed by atoms with Gasteiger partial charge in [0.25, 0.3) is 5.91 Å². The second kappa shape index (κ2) is 9.61. The molecule has 2 amide bonds. The first kappa shape index (κ1) is 22.3. The number of amides is 2. The molecule has 2 atom stereocenters. The van der Waals surface area contributed by atoms with Gasteiger partial charge in [-0.1, -0.05) is 48.5 Å². The Bertz CT molecular complexity index is 931. The van der Waals surface area contributed by atoms with Crippen molar-refractivity contribution < 1.29 is 29.0 Å². The molecule has 0 fully saturated rings. The van der Waals surface area contributed by atoms with E-state index < -0.39 is 30.1 Å². The number of rotatable bonds is 8. The maximum Gasteiger partial charge on any atom is 0.407 e. The lowest BCUT2D eigenvalue weighted by atomic mass is 9.98. The van der Waals surface area contributed by atoms with E-state index in [-0.39, 0.29) is 19.1 Å². The Kier molecular flexibility index (Phi) is 6.91. The summed E-state index contributed by atoms with van der Waals surface area (Å²) in [5, 5.41) is 11.6. The summed E-state index contributed by atoms with van der Waals surface area (Å²) in [5.41, 5.74) is 4.47. The summed E-state index contributed by atoms with van der Waals surface area (Å²) in [7, 11) is 2.70. The largest absolute Gasteiger partial charge is 0.480 e. The molecule has 0 bridgehead atoms. The fourth-order valence-corrected chi connectivity index (χ4v) is 3.68. The molecule has 1 aliphatic carbocycles. The number of nitrogens with zero attached hydrogens (tertiary/aromatic N) is 1. The molecule has 0 saturated carbocycles. The minimum absolute atomic E-state index is 0.0689. The van der Waals surface area contributed by atoms with Gasteiger partial charge in [0.2, 0.25) is 0 Å². The van der Waals surface area contributed by atoms with Gasteiger partial charge >= 0.3 is 12.1 Å². The number of hydrogen-bond donors (Lipinski definition) is 2. The van der Waals surface area contributed by atoms with Crippen molar-refractivity contribution in [3.8, 4) is 11.1 Å². The molecular weight excluding hydrogens is 400 g/mol. The highest BCUT2D eigenvalue weighted by atomic mass is 16.5. The van der Waals surface area contributed by atoms with Gasteiger partial charge in [-0.05, 0) is 29.2 Å². The predicted molar refractivity (Wildman–Crippen MR) is 114 cm³/mol. The van der Waals surface area contributed by atoms with Gasteiger partial charge in [-0.3, -0.25) is 4.79 Å². The number of carboxylic acid groups (broad SMARTS) is 1. The maximum absolute atomic E-state index is 12.4. The van der Waals surface area contributed by atoms with Crippen LogP contribution in [0.15, 0.2) is 48.5 Å². The average molecular weight is 426 g/mol. The van der Waals surface area contributed by atoms with Gasteiger partial charge in [0, 0.05) is 20.1 Å². The van der Waals surface area contributed by atoms with Gasteiger partial charge in [-0.15, -0.1) is 0 Å². The zero-order chi connectivity index (χ0) is 22.5. The molecule has 8 heteroatoms. The molecule has 2 N–H and O–H groups in total. The van der Waals surface area contributed by atoms with Crippen molar-refractivity contribution in [1.29, 1.82) is 0 Å². The van der Waals surface area contributed by atoms with Crippen LogP contribution in [0, 0.1) is 0 Å². The lowest BCUT2D eigenvalue weighted by Gasteiger charge is -2.26. The molecule has 2 aromatic rings. The van der Waals surface area contributed by atoms with Gasteiger partial charge in [0.1, 0.15) is 12.6 Å². The van der Waals surface area contributed by atoms with Gasteiger partial charge in [0.05, 0.1) is 6.54 Å². The number of nitrogens with one attached hydrogen (secondary N) is 1. The molecule has 31 heavy (non-hydrogen) atoms. The van der Waals surface area contributed by atoms with Crippen molar-refractivity contribution in [2.45, 2.75) is 25.0 Å². The van der Waals surface area contributed by atoms with Crippen LogP contribution < -0.4 is 5.32 Å². The number of ether oxygens (including phenoxy) is 2. The fourth-order valence-electron chi connectivity index (χ4n) is 3.68. The van der Waals surface area contributed by atoms with E-state index in [0.29, 0.717) is 0 Å². The number of aliphatic carboxylic acids is 1. The molecule has 8 nitrogen and oxygen atoms in total. The van der Waals surface area contributed by atoms with Crippen LogP contribution in [0.4, 0.5) is 4.79 Å². The maximum atomic E-state index is 12.4. The molecular formula is C23H26N2O6. The molecule has 0 spiro atoms. The number of methoxy groups -OCH3 is 1. The summed E-state index contributed by atoms with van der Waals surface area (Å²) >= 11 is 0. The van der Waals surface area contributed by atoms with Gasteiger partial charge in [-0.2, -0.15) is 0 Å². The van der Waals surface area contributed by atoms with Crippen molar-refractivity contribution in [3.63, 3.8) is 0 Å². The number of hydrogen-bond acceptors (Lipinski definition) is 5. The SMILES string of the molecule is COC(CNC(=O)OCC1c2ccccc2-c2ccccc21)C(=O)N(C)[C@@H](C)C(=O)O. The summed E-state index contributed by atoms with van der Waals surface area (Å²) in [5.74, 6) is -1.74. The third-order valence-electron chi connectivity index (χ3n) is 5.62. The van der Waals surface area contributed by atoms with E-state index in [1.54, 1.807) is 0 Å². The van der Waals surface area contributed by atoms with Gasteiger partial charge < -0.3 is 24.8 Å². The molecule has 2 aromatic carbocycles. The minimum Gasteiger partial charge on any atom is -0.480 e. The Morgan fingerprint density at radius 3 is 2.13 bits per heavy atom. The molecule has 1 unspecified atom stereocenters. The number of carbonyl (C=O) groups excluding carboxylic acids is 2. The van der Waals surface area contributed by atoms with Crippen LogP contribution in [0.1, 0.15) is 24.0 Å². The highest BCUT2D eigenvalue weighted by Crippen LogP contribution is 2.44. The van der Waals surface area contributed by atoms with Crippen molar-refractivity contribution in [2.24, 2.45) is 0 Å². The monoisotopic (exact) mass is 426 g/mol. The quantitative estimate of drug-likeness (QED) is 0.672. The van der Waals surface area contributed by atoms with E-state index in [4.69, 9.17) is 14.6 Å². The number of fused-ring (bicyclic) bond motifs is 3. The molecule has 0 aliphatic heterocycles. The van der Waals surface area contributed by atoms with Crippen LogP contribution in [0.5, 0.6) is 0 Å². The molecule has 3 rings (SSSR count). The highest BCUT2D eigenvalue weighted by molar-refractivity contribution is 5.86. The van der Waals surface area contributed by atoms with Crippen LogP contribution in [-0.4, -0.2) is 67.4 Å². The van der Waals surface area contributed by atoms with E-state index in [2.05, 4.69) is 17.4 Å². The van der Waals surface area contributed by atoms with Gasteiger partial charge in [0.15, 0.2) is 6.10 Å². The predicted octanol–water partition coefficient (Wildman–Crippen LogP) is 2.47. The lowest BCUT2D eigenvalue weighted by molar-refractivity contribution is -0.152. The first-order valence-electron chi connectivity index (χ1n) is 9.96. The Morgan fingerprint density at radius 1 is 1.06 bits per heavy atom.